The second-order valence-electron chi connectivity index (χ2n) is 8.94. The molecule has 0 fully saturated rings. The van der Waals surface area contributed by atoms with Crippen molar-refractivity contribution in [3.63, 3.8) is 0 Å². The highest BCUT2D eigenvalue weighted by Crippen LogP contribution is 2.20. The van der Waals surface area contributed by atoms with Crippen molar-refractivity contribution in [2.75, 3.05) is 13.2 Å². The van der Waals surface area contributed by atoms with Crippen molar-refractivity contribution in [3.05, 3.63) is 53.6 Å². The van der Waals surface area contributed by atoms with Gasteiger partial charge >= 0.3 is 0 Å². The minimum Gasteiger partial charge on any atom is -0.373 e. The van der Waals surface area contributed by atoms with Gasteiger partial charge in [-0.05, 0) is 34.9 Å². The highest BCUT2D eigenvalue weighted by Gasteiger charge is 2.19. The van der Waals surface area contributed by atoms with Crippen molar-refractivity contribution in [1.82, 2.24) is 20.3 Å². The SMILES string of the molecule is CC(C)(C)COCc1ncc(CC(C)(C)CNCc2ncccc2F)cn1. The van der Waals surface area contributed by atoms with E-state index in [2.05, 4.69) is 54.9 Å². The van der Waals surface area contributed by atoms with Crippen LogP contribution < -0.4 is 5.32 Å². The van der Waals surface area contributed by atoms with Gasteiger partial charge in [0.25, 0.3) is 0 Å². The van der Waals surface area contributed by atoms with Gasteiger partial charge in [-0.3, -0.25) is 4.98 Å². The zero-order chi connectivity index (χ0) is 19.9. The number of ether oxygens (including phenoxy) is 1. The fourth-order valence-corrected chi connectivity index (χ4v) is 2.68. The van der Waals surface area contributed by atoms with E-state index in [0.717, 1.165) is 18.5 Å². The van der Waals surface area contributed by atoms with Crippen molar-refractivity contribution >= 4 is 0 Å². The maximum atomic E-state index is 13.6. The Balaban J connectivity index is 1.79. The minimum absolute atomic E-state index is 0.0150. The molecule has 27 heavy (non-hydrogen) atoms. The van der Waals surface area contributed by atoms with Crippen LogP contribution in [0.15, 0.2) is 30.7 Å². The van der Waals surface area contributed by atoms with E-state index in [1.807, 2.05) is 12.4 Å². The molecule has 0 aliphatic carbocycles. The molecule has 1 N–H and O–H groups in total. The van der Waals surface area contributed by atoms with Gasteiger partial charge in [-0.2, -0.15) is 0 Å². The Kier molecular flexibility index (Phi) is 7.39. The molecule has 0 bridgehead atoms. The molecule has 148 valence electrons. The summed E-state index contributed by atoms with van der Waals surface area (Å²) < 4.78 is 19.3. The van der Waals surface area contributed by atoms with Crippen LogP contribution in [-0.2, 0) is 24.3 Å². The molecule has 2 aromatic heterocycles. The standard InChI is InChI=1S/C21H31FN4O/c1-20(2,3)15-27-13-19-25-10-16(11-26-19)9-21(4,5)14-23-12-18-17(22)7-6-8-24-18/h6-8,10-11,23H,9,12-15H2,1-5H3. The topological polar surface area (TPSA) is 59.9 Å². The second-order valence-corrected chi connectivity index (χ2v) is 8.94. The van der Waals surface area contributed by atoms with Crippen molar-refractivity contribution in [2.45, 2.75) is 54.2 Å². The molecule has 0 saturated carbocycles. The minimum atomic E-state index is -0.277. The summed E-state index contributed by atoms with van der Waals surface area (Å²) >= 11 is 0. The third-order valence-corrected chi connectivity index (χ3v) is 3.94. The maximum Gasteiger partial charge on any atom is 0.153 e. The Labute approximate surface area is 161 Å². The zero-order valence-electron chi connectivity index (χ0n) is 17.1. The van der Waals surface area contributed by atoms with E-state index in [4.69, 9.17) is 4.74 Å². The van der Waals surface area contributed by atoms with E-state index < -0.39 is 0 Å². The number of pyridine rings is 1. The highest BCUT2D eigenvalue weighted by molar-refractivity contribution is 5.09. The monoisotopic (exact) mass is 374 g/mol. The summed E-state index contributed by atoms with van der Waals surface area (Å²) in [6.45, 7) is 13.0. The molecular weight excluding hydrogens is 343 g/mol. The van der Waals surface area contributed by atoms with E-state index in [1.54, 1.807) is 12.3 Å². The number of rotatable bonds is 9. The average molecular weight is 375 g/mol. The van der Waals surface area contributed by atoms with Crippen LogP contribution in [0, 0.1) is 16.6 Å². The highest BCUT2D eigenvalue weighted by atomic mass is 19.1. The summed E-state index contributed by atoms with van der Waals surface area (Å²) in [4.78, 5) is 12.9. The quantitative estimate of drug-likeness (QED) is 0.721. The van der Waals surface area contributed by atoms with Crippen LogP contribution in [0.1, 0.15) is 51.7 Å². The smallest absolute Gasteiger partial charge is 0.153 e. The zero-order valence-corrected chi connectivity index (χ0v) is 17.1. The molecule has 0 unspecified atom stereocenters. The van der Waals surface area contributed by atoms with E-state index in [-0.39, 0.29) is 16.6 Å². The molecule has 0 radical (unpaired) electrons. The predicted molar refractivity (Wildman–Crippen MR) is 105 cm³/mol. The van der Waals surface area contributed by atoms with Crippen molar-refractivity contribution < 1.29 is 9.13 Å². The molecule has 0 aliphatic heterocycles. The summed E-state index contributed by atoms with van der Waals surface area (Å²) in [7, 11) is 0. The summed E-state index contributed by atoms with van der Waals surface area (Å²) in [6, 6.07) is 3.03. The molecule has 0 spiro atoms. The molecule has 0 aromatic carbocycles. The third-order valence-electron chi connectivity index (χ3n) is 3.94. The molecule has 6 heteroatoms. The van der Waals surface area contributed by atoms with E-state index in [1.165, 1.54) is 6.07 Å². The molecule has 0 amide bonds. The van der Waals surface area contributed by atoms with Crippen LogP contribution in [0.2, 0.25) is 0 Å². The van der Waals surface area contributed by atoms with E-state index in [9.17, 15) is 4.39 Å². The van der Waals surface area contributed by atoms with Gasteiger partial charge in [-0.15, -0.1) is 0 Å². The summed E-state index contributed by atoms with van der Waals surface area (Å²) in [5, 5.41) is 3.29. The lowest BCUT2D eigenvalue weighted by Crippen LogP contribution is -2.31. The van der Waals surface area contributed by atoms with Gasteiger partial charge < -0.3 is 10.1 Å². The fraction of sp³-hybridized carbons (Fsp3) is 0.571. The first-order valence-corrected chi connectivity index (χ1v) is 9.32. The molecular formula is C21H31FN4O. The molecule has 0 saturated heterocycles. The van der Waals surface area contributed by atoms with E-state index in [0.29, 0.717) is 31.3 Å². The van der Waals surface area contributed by atoms with Gasteiger partial charge in [0, 0.05) is 31.7 Å². The van der Waals surface area contributed by atoms with Gasteiger partial charge in [0.15, 0.2) is 5.82 Å². The Hall–Kier alpha value is -1.92. The van der Waals surface area contributed by atoms with Gasteiger partial charge in [-0.25, -0.2) is 14.4 Å². The fourth-order valence-electron chi connectivity index (χ4n) is 2.68. The van der Waals surface area contributed by atoms with Crippen LogP contribution in [-0.4, -0.2) is 28.1 Å². The molecule has 2 aromatic rings. The average Bonchev–Trinajstić information content (AvgIpc) is 2.57. The maximum absolute atomic E-state index is 13.6. The normalized spacial score (nSPS) is 12.4. The second kappa shape index (κ2) is 9.33. The first-order chi connectivity index (χ1) is 12.6. The Morgan fingerprint density at radius 3 is 2.41 bits per heavy atom. The van der Waals surface area contributed by atoms with Crippen LogP contribution >= 0.6 is 0 Å². The van der Waals surface area contributed by atoms with Crippen molar-refractivity contribution in [2.24, 2.45) is 10.8 Å². The third kappa shape index (κ3) is 8.10. The van der Waals surface area contributed by atoms with E-state index >= 15 is 0 Å². The van der Waals surface area contributed by atoms with Gasteiger partial charge in [0.2, 0.25) is 0 Å². The summed E-state index contributed by atoms with van der Waals surface area (Å²) in [5.74, 6) is 0.421. The molecule has 2 heterocycles. The molecule has 0 atom stereocenters. The largest absolute Gasteiger partial charge is 0.373 e. The van der Waals surface area contributed by atoms with Crippen molar-refractivity contribution in [1.29, 1.82) is 0 Å². The summed E-state index contributed by atoms with van der Waals surface area (Å²) in [6.07, 6.45) is 6.16. The number of nitrogens with zero attached hydrogens (tertiary/aromatic N) is 3. The lowest BCUT2D eigenvalue weighted by molar-refractivity contribution is 0.0561. The number of nitrogens with one attached hydrogen (secondary N) is 1. The number of hydrogen-bond acceptors (Lipinski definition) is 5. The van der Waals surface area contributed by atoms with Crippen LogP contribution in [0.25, 0.3) is 0 Å². The Bertz CT molecular complexity index is 711. The first kappa shape index (κ1) is 21.4. The number of hydrogen-bond donors (Lipinski definition) is 1. The van der Waals surface area contributed by atoms with Gasteiger partial charge in [-0.1, -0.05) is 34.6 Å². The molecule has 0 aliphatic rings. The van der Waals surface area contributed by atoms with Crippen LogP contribution in [0.3, 0.4) is 0 Å². The predicted octanol–water partition coefficient (Wildman–Crippen LogP) is 3.93. The first-order valence-electron chi connectivity index (χ1n) is 9.32. The van der Waals surface area contributed by atoms with Crippen LogP contribution in [0.4, 0.5) is 4.39 Å². The van der Waals surface area contributed by atoms with Crippen LogP contribution in [0.5, 0.6) is 0 Å². The lowest BCUT2D eigenvalue weighted by Gasteiger charge is -2.25. The molecule has 2 rings (SSSR count). The number of halogens is 1. The van der Waals surface area contributed by atoms with Gasteiger partial charge in [0.05, 0.1) is 12.3 Å². The Morgan fingerprint density at radius 1 is 1.07 bits per heavy atom. The Morgan fingerprint density at radius 2 is 1.78 bits per heavy atom. The number of aromatic nitrogens is 3. The summed E-state index contributed by atoms with van der Waals surface area (Å²) in [5.41, 5.74) is 1.63. The van der Waals surface area contributed by atoms with Gasteiger partial charge in [0.1, 0.15) is 12.4 Å². The lowest BCUT2D eigenvalue weighted by atomic mass is 9.86. The molecule has 5 nitrogen and oxygen atoms in total. The van der Waals surface area contributed by atoms with Crippen molar-refractivity contribution in [3.8, 4) is 0 Å².